The zero-order valence-electron chi connectivity index (χ0n) is 13.8. The molecule has 2 aromatic carbocycles. The lowest BCUT2D eigenvalue weighted by atomic mass is 10.2. The third-order valence-corrected chi connectivity index (χ3v) is 3.85. The summed E-state index contributed by atoms with van der Waals surface area (Å²) in [6.07, 6.45) is 3.85. The van der Waals surface area contributed by atoms with Crippen molar-refractivity contribution in [3.63, 3.8) is 0 Å². The molecule has 0 N–H and O–H groups in total. The van der Waals surface area contributed by atoms with Gasteiger partial charge in [-0.05, 0) is 29.4 Å². The molecule has 0 bridgehead atoms. The van der Waals surface area contributed by atoms with E-state index in [9.17, 15) is 0 Å². The molecule has 2 heterocycles. The normalized spacial score (nSPS) is 10.8. The molecular weight excluding hydrogens is 314 g/mol. The van der Waals surface area contributed by atoms with E-state index < -0.39 is 0 Å². The van der Waals surface area contributed by atoms with Crippen LogP contribution in [0.5, 0.6) is 0 Å². The number of hydrogen-bond acceptors (Lipinski definition) is 5. The first-order valence-electron chi connectivity index (χ1n) is 7.99. The van der Waals surface area contributed by atoms with Crippen molar-refractivity contribution in [2.45, 2.75) is 6.54 Å². The molecule has 0 atom stereocenters. The Hall–Kier alpha value is -3.41. The van der Waals surface area contributed by atoms with Crippen molar-refractivity contribution in [1.82, 2.24) is 19.9 Å². The summed E-state index contributed by atoms with van der Waals surface area (Å²) in [4.78, 5) is 6.40. The van der Waals surface area contributed by atoms with Gasteiger partial charge in [0.25, 0.3) is 11.8 Å². The molecule has 0 aliphatic rings. The largest absolute Gasteiger partial charge is 0.337 e. The van der Waals surface area contributed by atoms with E-state index >= 15 is 0 Å². The topological polar surface area (TPSA) is 60.0 Å². The maximum atomic E-state index is 5.36. The summed E-state index contributed by atoms with van der Waals surface area (Å²) in [5, 5.41) is 8.48. The number of rotatable bonds is 5. The minimum atomic E-state index is 0.516. The predicted molar refractivity (Wildman–Crippen MR) is 95.4 cm³/mol. The van der Waals surface area contributed by atoms with Crippen LogP contribution in [0.25, 0.3) is 17.1 Å². The summed E-state index contributed by atoms with van der Waals surface area (Å²) >= 11 is 0. The van der Waals surface area contributed by atoms with Crippen LogP contribution in [-0.2, 0) is 6.54 Å². The third-order valence-electron chi connectivity index (χ3n) is 3.85. The summed E-state index contributed by atoms with van der Waals surface area (Å²) in [6, 6.07) is 19.8. The lowest BCUT2D eigenvalue weighted by Gasteiger charge is -2.12. The molecule has 6 nitrogen and oxygen atoms in total. The molecule has 4 rings (SSSR count). The fourth-order valence-electron chi connectivity index (χ4n) is 2.58. The van der Waals surface area contributed by atoms with Crippen molar-refractivity contribution in [3.05, 3.63) is 78.6 Å². The van der Waals surface area contributed by atoms with Gasteiger partial charge < -0.3 is 9.42 Å². The van der Waals surface area contributed by atoms with Crippen molar-refractivity contribution in [2.24, 2.45) is 0 Å². The Morgan fingerprint density at radius 2 is 1.72 bits per heavy atom. The maximum Gasteiger partial charge on any atom is 0.266 e. The number of anilines is 1. The van der Waals surface area contributed by atoms with Gasteiger partial charge in [-0.2, -0.15) is 10.1 Å². The molecule has 6 heteroatoms. The van der Waals surface area contributed by atoms with E-state index in [0.29, 0.717) is 18.4 Å². The highest BCUT2D eigenvalue weighted by Crippen LogP contribution is 2.20. The molecule has 4 aromatic rings. The van der Waals surface area contributed by atoms with Crippen molar-refractivity contribution >= 4 is 5.95 Å². The summed E-state index contributed by atoms with van der Waals surface area (Å²) < 4.78 is 7.22. The summed E-state index contributed by atoms with van der Waals surface area (Å²) in [5.74, 6) is 1.06. The van der Waals surface area contributed by atoms with E-state index in [1.54, 1.807) is 0 Å². The Kier molecular flexibility index (Phi) is 4.00. The first-order valence-corrected chi connectivity index (χ1v) is 7.99. The quantitative estimate of drug-likeness (QED) is 0.559. The zero-order valence-corrected chi connectivity index (χ0v) is 13.8. The van der Waals surface area contributed by atoms with Crippen molar-refractivity contribution in [1.29, 1.82) is 0 Å². The molecule has 0 radical (unpaired) electrons. The van der Waals surface area contributed by atoms with E-state index in [-0.39, 0.29) is 0 Å². The number of para-hydroxylation sites is 1. The van der Waals surface area contributed by atoms with Crippen molar-refractivity contribution < 1.29 is 4.52 Å². The first kappa shape index (κ1) is 15.1. The fraction of sp³-hybridized carbons (Fsp3) is 0.105. The second-order valence-electron chi connectivity index (χ2n) is 5.75. The van der Waals surface area contributed by atoms with Gasteiger partial charge in [0.15, 0.2) is 0 Å². The van der Waals surface area contributed by atoms with Gasteiger partial charge in [0.2, 0.25) is 0 Å². The highest BCUT2D eigenvalue weighted by atomic mass is 16.5. The lowest BCUT2D eigenvalue weighted by molar-refractivity contribution is 0.430. The average Bonchev–Trinajstić information content (AvgIpc) is 3.33. The molecular formula is C19H17N5O. The van der Waals surface area contributed by atoms with Gasteiger partial charge in [0.05, 0.1) is 11.9 Å². The van der Waals surface area contributed by atoms with E-state index in [0.717, 1.165) is 16.8 Å². The Labute approximate surface area is 145 Å². The van der Waals surface area contributed by atoms with E-state index in [2.05, 4.69) is 15.2 Å². The Bertz CT molecular complexity index is 946. The van der Waals surface area contributed by atoms with Crippen LogP contribution in [-0.4, -0.2) is 27.0 Å². The van der Waals surface area contributed by atoms with E-state index in [1.165, 1.54) is 0 Å². The van der Waals surface area contributed by atoms with Crippen LogP contribution in [0.4, 0.5) is 5.95 Å². The Morgan fingerprint density at radius 3 is 2.48 bits per heavy atom. The van der Waals surface area contributed by atoms with Crippen molar-refractivity contribution in [2.75, 3.05) is 11.9 Å². The minimum absolute atomic E-state index is 0.516. The van der Waals surface area contributed by atoms with Crippen LogP contribution in [0.3, 0.4) is 0 Å². The monoisotopic (exact) mass is 331 g/mol. The maximum absolute atomic E-state index is 5.36. The number of nitrogens with zero attached hydrogens (tertiary/aromatic N) is 5. The fourth-order valence-corrected chi connectivity index (χ4v) is 2.58. The van der Waals surface area contributed by atoms with Gasteiger partial charge in [-0.1, -0.05) is 36.4 Å². The minimum Gasteiger partial charge on any atom is -0.337 e. The smallest absolute Gasteiger partial charge is 0.266 e. The van der Waals surface area contributed by atoms with Crippen LogP contribution in [0.1, 0.15) is 5.56 Å². The van der Waals surface area contributed by atoms with Gasteiger partial charge in [0, 0.05) is 30.9 Å². The second-order valence-corrected chi connectivity index (χ2v) is 5.75. The predicted octanol–water partition coefficient (Wildman–Crippen LogP) is 3.56. The van der Waals surface area contributed by atoms with Gasteiger partial charge in [0.1, 0.15) is 0 Å². The molecule has 0 spiro atoms. The van der Waals surface area contributed by atoms with Crippen LogP contribution in [0.2, 0.25) is 0 Å². The van der Waals surface area contributed by atoms with Gasteiger partial charge in [-0.3, -0.25) is 0 Å². The van der Waals surface area contributed by atoms with E-state index in [4.69, 9.17) is 4.52 Å². The zero-order chi connectivity index (χ0) is 17.1. The molecule has 25 heavy (non-hydrogen) atoms. The number of benzene rings is 2. The molecule has 0 fully saturated rings. The van der Waals surface area contributed by atoms with Gasteiger partial charge in [-0.15, -0.1) is 0 Å². The van der Waals surface area contributed by atoms with Crippen LogP contribution in [0, 0.1) is 0 Å². The Morgan fingerprint density at radius 1 is 1.00 bits per heavy atom. The molecule has 0 aliphatic carbocycles. The molecule has 0 aliphatic heterocycles. The third kappa shape index (κ3) is 3.28. The molecule has 2 aromatic heterocycles. The van der Waals surface area contributed by atoms with Crippen LogP contribution < -0.4 is 4.90 Å². The standard InChI is InChI=1S/C19H17N5O/c1-23(19-21-18(25-22-19)16-8-4-2-5-9-16)13-15-12-20-24(14-15)17-10-6-3-7-11-17/h2-12,14H,13H2,1H3. The SMILES string of the molecule is CN(Cc1cnn(-c2ccccc2)c1)c1noc(-c2ccccc2)n1. The summed E-state index contributed by atoms with van der Waals surface area (Å²) in [6.45, 7) is 0.639. The molecule has 0 unspecified atom stereocenters. The van der Waals surface area contributed by atoms with E-state index in [1.807, 2.05) is 89.7 Å². The van der Waals surface area contributed by atoms with Gasteiger partial charge in [-0.25, -0.2) is 4.68 Å². The number of hydrogen-bond donors (Lipinski definition) is 0. The van der Waals surface area contributed by atoms with Gasteiger partial charge >= 0.3 is 0 Å². The number of aromatic nitrogens is 4. The first-order chi connectivity index (χ1) is 12.3. The summed E-state index contributed by atoms with van der Waals surface area (Å²) in [5.41, 5.74) is 3.01. The van der Waals surface area contributed by atoms with Crippen LogP contribution in [0.15, 0.2) is 77.6 Å². The lowest BCUT2D eigenvalue weighted by Crippen LogP contribution is -2.17. The van der Waals surface area contributed by atoms with Crippen LogP contribution >= 0.6 is 0 Å². The summed E-state index contributed by atoms with van der Waals surface area (Å²) in [7, 11) is 1.93. The molecule has 0 saturated heterocycles. The van der Waals surface area contributed by atoms with Crippen molar-refractivity contribution in [3.8, 4) is 17.1 Å². The highest BCUT2D eigenvalue weighted by molar-refractivity contribution is 5.54. The average molecular weight is 331 g/mol. The second kappa shape index (κ2) is 6.60. The Balaban J connectivity index is 1.49. The highest BCUT2D eigenvalue weighted by Gasteiger charge is 2.13. The molecule has 0 saturated carbocycles. The molecule has 0 amide bonds. The molecule has 124 valence electrons.